The molecule has 2 aromatic carbocycles. The number of carbonyl (C=O) groups excluding carboxylic acids is 6. The Morgan fingerprint density at radius 3 is 2.00 bits per heavy atom. The molecule has 0 aliphatic carbocycles. The summed E-state index contributed by atoms with van der Waals surface area (Å²) in [4.78, 5) is 60.1. The summed E-state index contributed by atoms with van der Waals surface area (Å²) in [5.74, 6) is -0.591. The first-order chi connectivity index (χ1) is 19.1. The van der Waals surface area contributed by atoms with Crippen molar-refractivity contribution in [2.45, 2.75) is 27.7 Å². The maximum Gasteiger partial charge on any atom is 1.00 e. The predicted molar refractivity (Wildman–Crippen MR) is 144 cm³/mol. The molecule has 2 aromatic rings. The molecule has 0 unspecified atom stereocenters. The van der Waals surface area contributed by atoms with Crippen molar-refractivity contribution >= 4 is 41.9 Å². The summed E-state index contributed by atoms with van der Waals surface area (Å²) in [6.07, 6.45) is 4.08. The zero-order valence-electron chi connectivity index (χ0n) is 23.3. The van der Waals surface area contributed by atoms with Crippen molar-refractivity contribution in [3.05, 3.63) is 106 Å². The standard InChI is InChI=1S/C15H14NO3.C13H13NO.2CO2.Na/c1-3-19-15(18)13-10(2)16-12(14(13)17)9-11-7-5-4-6-8-11;1-9-10(2)14-12(13(9)15)8-11-6-4-3-5-7-11;2*2-1-3;/h5-9,17H,3H2,1-2H3;3-8,14H,1-2H3;;;/q-1;;;;+1/b12-9+;12-8+;;;. The fraction of sp³-hybridized carbons (Fsp3) is 0.167. The second-order valence-corrected chi connectivity index (χ2v) is 7.84. The van der Waals surface area contributed by atoms with Gasteiger partial charge in [0.15, 0.2) is 5.76 Å². The maximum absolute atomic E-state index is 11.7. The van der Waals surface area contributed by atoms with Crippen molar-refractivity contribution in [1.82, 2.24) is 5.32 Å². The van der Waals surface area contributed by atoms with Crippen LogP contribution in [0.25, 0.3) is 12.2 Å². The largest absolute Gasteiger partial charge is 1.00 e. The van der Waals surface area contributed by atoms with E-state index in [1.807, 2.05) is 62.4 Å². The zero-order chi connectivity index (χ0) is 30.1. The molecule has 0 amide bonds. The maximum atomic E-state index is 11.7. The van der Waals surface area contributed by atoms with E-state index >= 15 is 0 Å². The van der Waals surface area contributed by atoms with Gasteiger partial charge in [0.05, 0.1) is 18.0 Å². The van der Waals surface area contributed by atoms with Crippen molar-refractivity contribution in [3.8, 4) is 0 Å². The molecule has 2 heterocycles. The number of esters is 1. The molecule has 0 saturated carbocycles. The van der Waals surface area contributed by atoms with Gasteiger partial charge >= 0.3 is 47.8 Å². The molecular weight excluding hydrogens is 539 g/mol. The average Bonchev–Trinajstić information content (AvgIpc) is 3.34. The van der Waals surface area contributed by atoms with Gasteiger partial charge < -0.3 is 15.2 Å². The smallest absolute Gasteiger partial charge is 0.505 e. The van der Waals surface area contributed by atoms with Crippen LogP contribution in [0.3, 0.4) is 0 Å². The first-order valence-electron chi connectivity index (χ1n) is 11.7. The van der Waals surface area contributed by atoms with E-state index in [9.17, 15) is 14.7 Å². The molecular formula is C30H27N2NaO8. The van der Waals surface area contributed by atoms with Crippen molar-refractivity contribution in [1.29, 1.82) is 0 Å². The molecule has 10 nitrogen and oxygen atoms in total. The third kappa shape index (κ3) is 11.7. The molecule has 4 rings (SSSR count). The molecule has 0 fully saturated rings. The number of rotatable bonds is 4. The summed E-state index contributed by atoms with van der Waals surface area (Å²) >= 11 is 0. The van der Waals surface area contributed by atoms with Gasteiger partial charge in [-0.1, -0.05) is 30.3 Å². The Balaban J connectivity index is 0.000000652. The summed E-state index contributed by atoms with van der Waals surface area (Å²) in [5, 5.41) is 13.2. The van der Waals surface area contributed by atoms with Crippen LogP contribution in [0.1, 0.15) is 38.8 Å². The van der Waals surface area contributed by atoms with Crippen LogP contribution in [-0.4, -0.2) is 41.5 Å². The van der Waals surface area contributed by atoms with E-state index in [2.05, 4.69) is 16.4 Å². The number of ether oxygens (including phenoxy) is 1. The summed E-state index contributed by atoms with van der Waals surface area (Å²) in [6, 6.07) is 20.0. The van der Waals surface area contributed by atoms with E-state index in [0.29, 0.717) is 17.1 Å². The predicted octanol–water partition coefficient (Wildman–Crippen LogP) is 1.01. The molecule has 206 valence electrons. The first-order valence-corrected chi connectivity index (χ1v) is 11.7. The number of aliphatic hydroxyl groups is 1. The van der Waals surface area contributed by atoms with Crippen LogP contribution >= 0.6 is 0 Å². The van der Waals surface area contributed by atoms with Crippen LogP contribution in [0, 0.1) is 6.07 Å². The third-order valence-electron chi connectivity index (χ3n) is 5.24. The minimum atomic E-state index is -0.550. The molecule has 0 saturated heterocycles. The minimum Gasteiger partial charge on any atom is -0.505 e. The van der Waals surface area contributed by atoms with E-state index < -0.39 is 5.97 Å². The monoisotopic (exact) mass is 566 g/mol. The molecule has 11 heteroatoms. The number of nitrogens with one attached hydrogen (secondary N) is 1. The van der Waals surface area contributed by atoms with Crippen LogP contribution in [-0.2, 0) is 33.5 Å². The summed E-state index contributed by atoms with van der Waals surface area (Å²) in [6.45, 7) is 7.41. The Labute approximate surface area is 259 Å². The number of allylic oxidation sites excluding steroid dienone is 2. The normalized spacial score (nSPS) is 14.9. The van der Waals surface area contributed by atoms with Gasteiger partial charge in [0, 0.05) is 11.3 Å². The van der Waals surface area contributed by atoms with Gasteiger partial charge in [0.1, 0.15) is 11.3 Å². The number of hydrogen-bond acceptors (Lipinski definition) is 10. The Kier molecular flexibility index (Phi) is 17.5. The number of Topliss-reactive ketones (excluding diaryl/α,β-unsaturated/α-hetero) is 1. The van der Waals surface area contributed by atoms with E-state index in [1.165, 1.54) is 0 Å². The molecule has 2 aliphatic rings. The van der Waals surface area contributed by atoms with Gasteiger partial charge in [-0.05, 0) is 45.4 Å². The van der Waals surface area contributed by atoms with E-state index in [4.69, 9.17) is 23.9 Å². The molecule has 0 radical (unpaired) electrons. The minimum absolute atomic E-state index is 0. The molecule has 2 aliphatic heterocycles. The van der Waals surface area contributed by atoms with E-state index in [0.717, 1.165) is 22.4 Å². The van der Waals surface area contributed by atoms with Crippen molar-refractivity contribution in [2.75, 3.05) is 6.61 Å². The third-order valence-corrected chi connectivity index (χ3v) is 5.24. The molecule has 0 spiro atoms. The van der Waals surface area contributed by atoms with Crippen molar-refractivity contribution in [2.24, 2.45) is 4.99 Å². The van der Waals surface area contributed by atoms with Gasteiger partial charge in [-0.2, -0.15) is 49.5 Å². The fourth-order valence-corrected chi connectivity index (χ4v) is 3.33. The summed E-state index contributed by atoms with van der Waals surface area (Å²) < 4.78 is 4.90. The Hall–Kier alpha value is -4.43. The van der Waals surface area contributed by atoms with Crippen LogP contribution < -0.4 is 34.9 Å². The topological polar surface area (TPSA) is 156 Å². The van der Waals surface area contributed by atoms with Crippen LogP contribution in [0.2, 0.25) is 0 Å². The number of carbonyl (C=O) groups is 2. The first kappa shape index (κ1) is 36.6. The van der Waals surface area contributed by atoms with Gasteiger partial charge in [-0.25, -0.2) is 9.79 Å². The molecule has 41 heavy (non-hydrogen) atoms. The number of hydrogen-bond donors (Lipinski definition) is 2. The Morgan fingerprint density at radius 1 is 0.976 bits per heavy atom. The molecule has 0 atom stereocenters. The molecule has 2 N–H and O–H groups in total. The zero-order valence-corrected chi connectivity index (χ0v) is 25.3. The second kappa shape index (κ2) is 19.6. The van der Waals surface area contributed by atoms with Gasteiger partial charge in [-0.15, -0.1) is 5.56 Å². The Morgan fingerprint density at radius 2 is 1.51 bits per heavy atom. The Bertz CT molecular complexity index is 1420. The summed E-state index contributed by atoms with van der Waals surface area (Å²) in [7, 11) is 0. The molecule has 0 bridgehead atoms. The van der Waals surface area contributed by atoms with Crippen LogP contribution in [0.5, 0.6) is 0 Å². The van der Waals surface area contributed by atoms with Gasteiger partial charge in [-0.3, -0.25) is 4.79 Å². The fourth-order valence-electron chi connectivity index (χ4n) is 3.33. The quantitative estimate of drug-likeness (QED) is 0.239. The summed E-state index contributed by atoms with van der Waals surface area (Å²) in [5.41, 5.74) is 5.29. The van der Waals surface area contributed by atoms with Crippen molar-refractivity contribution in [3.63, 3.8) is 0 Å². The van der Waals surface area contributed by atoms with Gasteiger partial charge in [0.2, 0.25) is 5.78 Å². The SMILES string of the molecule is CC1=C(C)C(=O)/C(=C\c2ccccc2)N1.CCOC(=O)C1=C(O)/C(=C\c2cc[c-]cc2)N=C1C.O=C=O.O=C=O.[Na+]. The van der Waals surface area contributed by atoms with E-state index in [-0.39, 0.29) is 65.6 Å². The molecule has 0 aromatic heterocycles. The van der Waals surface area contributed by atoms with Gasteiger partial charge in [0.25, 0.3) is 0 Å². The number of benzene rings is 2. The average molecular weight is 567 g/mol. The second-order valence-electron chi connectivity index (χ2n) is 7.84. The van der Waals surface area contributed by atoms with Crippen molar-refractivity contribution < 1.29 is 68.2 Å². The number of aliphatic imine (C=N–C) groups is 1. The number of aliphatic hydroxyl groups excluding tert-OH is 1. The van der Waals surface area contributed by atoms with Crippen LogP contribution in [0.4, 0.5) is 0 Å². The number of ketones is 1. The number of nitrogens with zero attached hydrogens (tertiary/aromatic N) is 1. The van der Waals surface area contributed by atoms with Crippen LogP contribution in [0.15, 0.2) is 93.6 Å². The van der Waals surface area contributed by atoms with E-state index in [1.54, 1.807) is 32.1 Å².